The highest BCUT2D eigenvalue weighted by molar-refractivity contribution is 9.10. The molecule has 1 aliphatic rings. The summed E-state index contributed by atoms with van der Waals surface area (Å²) in [6.45, 7) is 3.80. The van der Waals surface area contributed by atoms with Gasteiger partial charge in [0.25, 0.3) is 15.0 Å². The topological polar surface area (TPSA) is 63.2 Å². The molecule has 1 N–H and O–H groups in total. The SMILES string of the molecule is CCC1CC1NC(=O)c1cc(C)c(Br)c(S(=O)(=O)Cl)c1. The first kappa shape index (κ1) is 15.8. The number of benzene rings is 1. The van der Waals surface area contributed by atoms with Crippen molar-refractivity contribution < 1.29 is 13.2 Å². The number of nitrogens with one attached hydrogen (secondary N) is 1. The fraction of sp³-hybridized carbons (Fsp3) is 0.462. The van der Waals surface area contributed by atoms with E-state index in [1.807, 2.05) is 0 Å². The van der Waals surface area contributed by atoms with Gasteiger partial charge in [0, 0.05) is 26.8 Å². The number of aryl methyl sites for hydroxylation is 1. The van der Waals surface area contributed by atoms with E-state index in [2.05, 4.69) is 28.2 Å². The Balaban J connectivity index is 2.29. The maximum absolute atomic E-state index is 12.1. The lowest BCUT2D eigenvalue weighted by molar-refractivity contribution is 0.0948. The van der Waals surface area contributed by atoms with Gasteiger partial charge in [0.15, 0.2) is 0 Å². The number of hydrogen-bond donors (Lipinski definition) is 1. The maximum Gasteiger partial charge on any atom is 0.262 e. The predicted molar refractivity (Wildman–Crippen MR) is 81.6 cm³/mol. The molecule has 110 valence electrons. The average Bonchev–Trinajstić information content (AvgIpc) is 3.09. The molecule has 0 aromatic heterocycles. The summed E-state index contributed by atoms with van der Waals surface area (Å²) < 4.78 is 23.4. The fourth-order valence-electron chi connectivity index (χ4n) is 2.17. The quantitative estimate of drug-likeness (QED) is 0.816. The van der Waals surface area contributed by atoms with E-state index in [-0.39, 0.29) is 16.8 Å². The first-order chi connectivity index (χ1) is 9.24. The van der Waals surface area contributed by atoms with Crippen molar-refractivity contribution >= 4 is 41.6 Å². The van der Waals surface area contributed by atoms with Crippen molar-refractivity contribution in [2.75, 3.05) is 0 Å². The molecular weight excluding hydrogens is 366 g/mol. The molecule has 4 nitrogen and oxygen atoms in total. The smallest absolute Gasteiger partial charge is 0.262 e. The van der Waals surface area contributed by atoms with Gasteiger partial charge in [-0.3, -0.25) is 4.79 Å². The largest absolute Gasteiger partial charge is 0.349 e. The lowest BCUT2D eigenvalue weighted by Crippen LogP contribution is -2.27. The van der Waals surface area contributed by atoms with Gasteiger partial charge < -0.3 is 5.32 Å². The summed E-state index contributed by atoms with van der Waals surface area (Å²) in [5.74, 6) is 0.273. The van der Waals surface area contributed by atoms with Crippen LogP contribution in [0.2, 0.25) is 0 Å². The third-order valence-corrected chi connectivity index (χ3v) is 6.17. The number of carbonyl (C=O) groups is 1. The van der Waals surface area contributed by atoms with E-state index in [9.17, 15) is 13.2 Å². The molecule has 0 saturated heterocycles. The number of rotatable bonds is 4. The van der Waals surface area contributed by atoms with E-state index >= 15 is 0 Å². The lowest BCUT2D eigenvalue weighted by Gasteiger charge is -2.09. The minimum absolute atomic E-state index is 0.0767. The highest BCUT2D eigenvalue weighted by atomic mass is 79.9. The van der Waals surface area contributed by atoms with Crippen LogP contribution in [0.4, 0.5) is 0 Å². The molecule has 7 heteroatoms. The minimum Gasteiger partial charge on any atom is -0.349 e. The predicted octanol–water partition coefficient (Wildman–Crippen LogP) is 3.21. The van der Waals surface area contributed by atoms with Crippen LogP contribution in [0.1, 0.15) is 35.7 Å². The van der Waals surface area contributed by atoms with E-state index in [1.54, 1.807) is 13.0 Å². The molecular formula is C13H15BrClNO3S. The highest BCUT2D eigenvalue weighted by Crippen LogP contribution is 2.34. The highest BCUT2D eigenvalue weighted by Gasteiger charge is 2.36. The van der Waals surface area contributed by atoms with Gasteiger partial charge in [-0.05, 0) is 52.9 Å². The van der Waals surface area contributed by atoms with Crippen molar-refractivity contribution in [2.24, 2.45) is 5.92 Å². The van der Waals surface area contributed by atoms with Crippen LogP contribution < -0.4 is 5.32 Å². The Morgan fingerprint density at radius 3 is 2.65 bits per heavy atom. The molecule has 0 radical (unpaired) electrons. The van der Waals surface area contributed by atoms with Gasteiger partial charge >= 0.3 is 0 Å². The molecule has 1 amide bonds. The van der Waals surface area contributed by atoms with E-state index in [1.165, 1.54) is 6.07 Å². The Labute approximate surface area is 131 Å². The summed E-state index contributed by atoms with van der Waals surface area (Å²) in [7, 11) is 1.49. The number of halogens is 2. The third kappa shape index (κ3) is 3.35. The Hall–Kier alpha value is -0.590. The first-order valence-electron chi connectivity index (χ1n) is 6.29. The van der Waals surface area contributed by atoms with Crippen molar-refractivity contribution in [2.45, 2.75) is 37.6 Å². The zero-order valence-electron chi connectivity index (χ0n) is 11.1. The molecule has 2 atom stereocenters. The maximum atomic E-state index is 12.1. The van der Waals surface area contributed by atoms with Gasteiger partial charge in [-0.2, -0.15) is 0 Å². The number of amides is 1. The van der Waals surface area contributed by atoms with Crippen LogP contribution in [0.3, 0.4) is 0 Å². The standard InChI is InChI=1S/C13H15BrClNO3S/c1-3-8-5-10(8)16-13(17)9-4-7(2)12(14)11(6-9)20(15,18)19/h4,6,8,10H,3,5H2,1-2H3,(H,16,17). The second-order valence-electron chi connectivity index (χ2n) is 5.03. The Kier molecular flexibility index (Phi) is 4.47. The average molecular weight is 381 g/mol. The van der Waals surface area contributed by atoms with E-state index in [4.69, 9.17) is 10.7 Å². The van der Waals surface area contributed by atoms with Crippen molar-refractivity contribution in [1.82, 2.24) is 5.32 Å². The summed E-state index contributed by atoms with van der Waals surface area (Å²) >= 11 is 3.19. The zero-order valence-corrected chi connectivity index (χ0v) is 14.3. The summed E-state index contributed by atoms with van der Waals surface area (Å²) in [6, 6.07) is 3.15. The van der Waals surface area contributed by atoms with Crippen LogP contribution in [0, 0.1) is 12.8 Å². The van der Waals surface area contributed by atoms with Crippen LogP contribution >= 0.6 is 26.6 Å². The first-order valence-corrected chi connectivity index (χ1v) is 9.40. The monoisotopic (exact) mass is 379 g/mol. The second-order valence-corrected chi connectivity index (χ2v) is 8.35. The Bertz CT molecular complexity index is 660. The van der Waals surface area contributed by atoms with Crippen LogP contribution in [-0.2, 0) is 9.05 Å². The van der Waals surface area contributed by atoms with Crippen molar-refractivity contribution in [3.63, 3.8) is 0 Å². The summed E-state index contributed by atoms with van der Waals surface area (Å²) in [6.07, 6.45) is 2.02. The van der Waals surface area contributed by atoms with Crippen LogP contribution in [0.5, 0.6) is 0 Å². The molecule has 1 aliphatic carbocycles. The summed E-state index contributed by atoms with van der Waals surface area (Å²) in [4.78, 5) is 12.1. The third-order valence-electron chi connectivity index (χ3n) is 3.51. The molecule has 0 spiro atoms. The zero-order chi connectivity index (χ0) is 15.1. The number of hydrogen-bond acceptors (Lipinski definition) is 3. The molecule has 1 aromatic carbocycles. The molecule has 1 saturated carbocycles. The summed E-state index contributed by atoms with van der Waals surface area (Å²) in [5, 5.41) is 2.90. The normalized spacial score (nSPS) is 21.6. The van der Waals surface area contributed by atoms with Gasteiger partial charge in [0.05, 0.1) is 4.90 Å². The fourth-order valence-corrected chi connectivity index (χ4v) is 4.33. The molecule has 20 heavy (non-hydrogen) atoms. The van der Waals surface area contributed by atoms with E-state index in [0.717, 1.165) is 12.8 Å². The van der Waals surface area contributed by atoms with Crippen molar-refractivity contribution in [3.8, 4) is 0 Å². The Morgan fingerprint density at radius 1 is 1.50 bits per heavy atom. The molecule has 1 aromatic rings. The second kappa shape index (κ2) is 5.66. The number of carbonyl (C=O) groups excluding carboxylic acids is 1. The lowest BCUT2D eigenvalue weighted by atomic mass is 10.1. The van der Waals surface area contributed by atoms with Gasteiger partial charge in [-0.25, -0.2) is 8.42 Å². The molecule has 0 aliphatic heterocycles. The molecule has 2 rings (SSSR count). The molecule has 1 fully saturated rings. The molecule has 0 heterocycles. The molecule has 0 bridgehead atoms. The van der Waals surface area contributed by atoms with Gasteiger partial charge in [-0.15, -0.1) is 0 Å². The van der Waals surface area contributed by atoms with Crippen LogP contribution in [0.25, 0.3) is 0 Å². The van der Waals surface area contributed by atoms with Gasteiger partial charge in [0.1, 0.15) is 0 Å². The van der Waals surface area contributed by atoms with Crippen molar-refractivity contribution in [1.29, 1.82) is 0 Å². The van der Waals surface area contributed by atoms with Crippen LogP contribution in [-0.4, -0.2) is 20.4 Å². The summed E-state index contributed by atoms with van der Waals surface area (Å²) in [5.41, 5.74) is 0.964. The van der Waals surface area contributed by atoms with E-state index in [0.29, 0.717) is 21.5 Å². The van der Waals surface area contributed by atoms with Gasteiger partial charge in [0.2, 0.25) is 0 Å². The Morgan fingerprint density at radius 2 is 2.15 bits per heavy atom. The minimum atomic E-state index is -3.89. The van der Waals surface area contributed by atoms with E-state index < -0.39 is 9.05 Å². The molecule has 2 unspecified atom stereocenters. The van der Waals surface area contributed by atoms with Gasteiger partial charge in [-0.1, -0.05) is 13.3 Å². The van der Waals surface area contributed by atoms with Crippen LogP contribution in [0.15, 0.2) is 21.5 Å². The van der Waals surface area contributed by atoms with Crippen molar-refractivity contribution in [3.05, 3.63) is 27.7 Å².